The van der Waals surface area contributed by atoms with Crippen LogP contribution in [0.2, 0.25) is 0 Å². The van der Waals surface area contributed by atoms with E-state index < -0.39 is 0 Å². The summed E-state index contributed by atoms with van der Waals surface area (Å²) in [6.07, 6.45) is 0.246. The predicted octanol–water partition coefficient (Wildman–Crippen LogP) is 2.38. The van der Waals surface area contributed by atoms with Crippen LogP contribution in [0.25, 0.3) is 0 Å². The van der Waals surface area contributed by atoms with Gasteiger partial charge in [-0.25, -0.2) is 0 Å². The van der Waals surface area contributed by atoms with Crippen molar-refractivity contribution in [2.75, 3.05) is 18.9 Å². The fourth-order valence-electron chi connectivity index (χ4n) is 1.21. The Labute approximate surface area is 91.2 Å². The van der Waals surface area contributed by atoms with Crippen LogP contribution < -0.4 is 10.5 Å². The lowest BCUT2D eigenvalue weighted by Crippen LogP contribution is -2.11. The van der Waals surface area contributed by atoms with Crippen LogP contribution in [0.3, 0.4) is 0 Å². The number of hydrogen-bond acceptors (Lipinski definition) is 3. The molecule has 0 amide bonds. The average Bonchev–Trinajstić information content (AvgIpc) is 2.17. The van der Waals surface area contributed by atoms with Crippen molar-refractivity contribution in [2.45, 2.75) is 26.9 Å². The van der Waals surface area contributed by atoms with Crippen LogP contribution in [-0.2, 0) is 4.74 Å². The second kappa shape index (κ2) is 5.61. The smallest absolute Gasteiger partial charge is 0.124 e. The van der Waals surface area contributed by atoms with Crippen molar-refractivity contribution in [1.29, 1.82) is 0 Å². The molecule has 1 aromatic carbocycles. The number of anilines is 1. The number of rotatable bonds is 5. The van der Waals surface area contributed by atoms with E-state index >= 15 is 0 Å². The maximum atomic E-state index is 5.67. The maximum Gasteiger partial charge on any atom is 0.124 e. The van der Waals surface area contributed by atoms with E-state index in [4.69, 9.17) is 15.2 Å². The molecule has 3 heteroatoms. The van der Waals surface area contributed by atoms with Crippen LogP contribution in [0, 0.1) is 6.92 Å². The fourth-order valence-corrected chi connectivity index (χ4v) is 1.21. The van der Waals surface area contributed by atoms with Crippen LogP contribution in [0.15, 0.2) is 18.2 Å². The molecule has 0 aliphatic heterocycles. The molecule has 15 heavy (non-hydrogen) atoms. The predicted molar refractivity (Wildman–Crippen MR) is 62.2 cm³/mol. The summed E-state index contributed by atoms with van der Waals surface area (Å²) in [5.74, 6) is 0.836. The van der Waals surface area contributed by atoms with Crippen LogP contribution in [-0.4, -0.2) is 19.3 Å². The second-order valence-electron chi connectivity index (χ2n) is 3.79. The molecule has 0 atom stereocenters. The van der Waals surface area contributed by atoms with Crippen LogP contribution >= 0.6 is 0 Å². The van der Waals surface area contributed by atoms with Crippen molar-refractivity contribution in [3.63, 3.8) is 0 Å². The topological polar surface area (TPSA) is 44.5 Å². The Morgan fingerprint density at radius 1 is 1.27 bits per heavy atom. The van der Waals surface area contributed by atoms with Gasteiger partial charge in [-0.15, -0.1) is 0 Å². The third-order valence-corrected chi connectivity index (χ3v) is 2.00. The van der Waals surface area contributed by atoms with Crippen molar-refractivity contribution in [3.05, 3.63) is 23.8 Å². The first-order valence-electron chi connectivity index (χ1n) is 5.20. The van der Waals surface area contributed by atoms with Gasteiger partial charge in [0.15, 0.2) is 0 Å². The number of nitrogen functional groups attached to an aromatic ring is 1. The van der Waals surface area contributed by atoms with Gasteiger partial charge in [0, 0.05) is 11.8 Å². The highest BCUT2D eigenvalue weighted by Gasteiger charge is 2.00. The van der Waals surface area contributed by atoms with Crippen molar-refractivity contribution >= 4 is 5.69 Å². The van der Waals surface area contributed by atoms with E-state index in [-0.39, 0.29) is 6.10 Å². The zero-order valence-corrected chi connectivity index (χ0v) is 9.62. The van der Waals surface area contributed by atoms with Crippen molar-refractivity contribution in [3.8, 4) is 5.75 Å². The van der Waals surface area contributed by atoms with E-state index in [0.29, 0.717) is 13.2 Å². The zero-order chi connectivity index (χ0) is 11.3. The summed E-state index contributed by atoms with van der Waals surface area (Å²) in [5, 5.41) is 0. The molecule has 0 saturated heterocycles. The third-order valence-electron chi connectivity index (χ3n) is 2.00. The molecule has 0 aromatic heterocycles. The highest BCUT2D eigenvalue weighted by atomic mass is 16.5. The molecule has 0 aliphatic rings. The monoisotopic (exact) mass is 209 g/mol. The number of hydrogen-bond donors (Lipinski definition) is 1. The Balaban J connectivity index is 2.40. The SMILES string of the molecule is Cc1ccc(N)cc1OCCOC(C)C. The summed E-state index contributed by atoms with van der Waals surface area (Å²) in [6.45, 7) is 7.17. The molecule has 1 aromatic rings. The molecule has 0 saturated carbocycles. The largest absolute Gasteiger partial charge is 0.491 e. The number of benzene rings is 1. The quantitative estimate of drug-likeness (QED) is 0.598. The number of aryl methyl sites for hydroxylation is 1. The van der Waals surface area contributed by atoms with Gasteiger partial charge in [0.2, 0.25) is 0 Å². The molecule has 84 valence electrons. The highest BCUT2D eigenvalue weighted by Crippen LogP contribution is 2.20. The van der Waals surface area contributed by atoms with Gasteiger partial charge in [0.25, 0.3) is 0 Å². The van der Waals surface area contributed by atoms with Crippen molar-refractivity contribution < 1.29 is 9.47 Å². The molecule has 2 N–H and O–H groups in total. The summed E-state index contributed by atoms with van der Waals surface area (Å²) >= 11 is 0. The Kier molecular flexibility index (Phi) is 4.43. The molecular formula is C12H19NO2. The Morgan fingerprint density at radius 2 is 2.00 bits per heavy atom. The molecule has 0 spiro atoms. The molecule has 0 heterocycles. The minimum Gasteiger partial charge on any atom is -0.491 e. The van der Waals surface area contributed by atoms with Crippen molar-refractivity contribution in [1.82, 2.24) is 0 Å². The van der Waals surface area contributed by atoms with Crippen LogP contribution in [0.4, 0.5) is 5.69 Å². The molecule has 0 unspecified atom stereocenters. The summed E-state index contributed by atoms with van der Waals surface area (Å²) in [5.41, 5.74) is 7.48. The molecule has 0 radical (unpaired) electrons. The first-order chi connectivity index (χ1) is 7.09. The van der Waals surface area contributed by atoms with E-state index in [1.165, 1.54) is 0 Å². The minimum atomic E-state index is 0.246. The molecule has 3 nitrogen and oxygen atoms in total. The molecular weight excluding hydrogens is 190 g/mol. The summed E-state index contributed by atoms with van der Waals surface area (Å²) < 4.78 is 10.9. The first-order valence-corrected chi connectivity index (χ1v) is 5.20. The lowest BCUT2D eigenvalue weighted by molar-refractivity contribution is 0.0551. The Hall–Kier alpha value is -1.22. The number of ether oxygens (including phenoxy) is 2. The van der Waals surface area contributed by atoms with E-state index in [2.05, 4.69) is 0 Å². The summed E-state index contributed by atoms with van der Waals surface area (Å²) in [7, 11) is 0. The van der Waals surface area contributed by atoms with E-state index in [1.807, 2.05) is 39.0 Å². The zero-order valence-electron chi connectivity index (χ0n) is 9.62. The third kappa shape index (κ3) is 4.21. The van der Waals surface area contributed by atoms with Crippen molar-refractivity contribution in [2.24, 2.45) is 0 Å². The Bertz CT molecular complexity index is 310. The Morgan fingerprint density at radius 3 is 2.67 bits per heavy atom. The van der Waals surface area contributed by atoms with E-state index in [0.717, 1.165) is 17.0 Å². The first kappa shape index (κ1) is 11.9. The minimum absolute atomic E-state index is 0.246. The van der Waals surface area contributed by atoms with Gasteiger partial charge in [-0.05, 0) is 32.4 Å². The average molecular weight is 209 g/mol. The van der Waals surface area contributed by atoms with Gasteiger partial charge in [-0.3, -0.25) is 0 Å². The van der Waals surface area contributed by atoms with Gasteiger partial charge in [-0.2, -0.15) is 0 Å². The standard InChI is InChI=1S/C12H19NO2/c1-9(2)14-6-7-15-12-8-11(13)5-4-10(12)3/h4-5,8-9H,6-7,13H2,1-3H3. The van der Waals surface area contributed by atoms with Gasteiger partial charge in [0.05, 0.1) is 12.7 Å². The molecule has 0 fully saturated rings. The van der Waals surface area contributed by atoms with Gasteiger partial charge < -0.3 is 15.2 Å². The maximum absolute atomic E-state index is 5.67. The second-order valence-corrected chi connectivity index (χ2v) is 3.79. The molecule has 1 rings (SSSR count). The van der Waals surface area contributed by atoms with E-state index in [1.54, 1.807) is 0 Å². The van der Waals surface area contributed by atoms with Gasteiger partial charge in [0.1, 0.15) is 12.4 Å². The van der Waals surface area contributed by atoms with Gasteiger partial charge >= 0.3 is 0 Å². The number of nitrogens with two attached hydrogens (primary N) is 1. The summed E-state index contributed by atoms with van der Waals surface area (Å²) in [6, 6.07) is 5.66. The summed E-state index contributed by atoms with van der Waals surface area (Å²) in [4.78, 5) is 0. The van der Waals surface area contributed by atoms with Crippen LogP contribution in [0.1, 0.15) is 19.4 Å². The lowest BCUT2D eigenvalue weighted by Gasteiger charge is -2.11. The highest BCUT2D eigenvalue weighted by molar-refractivity contribution is 5.47. The molecule has 0 aliphatic carbocycles. The van der Waals surface area contributed by atoms with Crippen LogP contribution in [0.5, 0.6) is 5.75 Å². The lowest BCUT2D eigenvalue weighted by atomic mass is 10.2. The van der Waals surface area contributed by atoms with Gasteiger partial charge in [-0.1, -0.05) is 6.07 Å². The van der Waals surface area contributed by atoms with E-state index in [9.17, 15) is 0 Å². The normalized spacial score (nSPS) is 10.7. The molecule has 0 bridgehead atoms. The fraction of sp³-hybridized carbons (Fsp3) is 0.500.